The lowest BCUT2D eigenvalue weighted by atomic mass is 10.2. The monoisotopic (exact) mass is 302 g/mol. The van der Waals surface area contributed by atoms with Gasteiger partial charge in [0.05, 0.1) is 24.7 Å². The van der Waals surface area contributed by atoms with Gasteiger partial charge >= 0.3 is 5.97 Å². The Hall–Kier alpha value is -1.87. The quantitative estimate of drug-likeness (QED) is 0.471. The zero-order valence-corrected chi connectivity index (χ0v) is 12.2. The number of nitrogens with two attached hydrogens (primary N) is 1. The molecule has 1 aromatic rings. The topological polar surface area (TPSA) is 123 Å². The van der Waals surface area contributed by atoms with E-state index in [0.29, 0.717) is 11.5 Å². The Labute approximate surface area is 117 Å². The third-order valence-corrected chi connectivity index (χ3v) is 2.91. The SMILES string of the molecule is CCOC(=O)c1cc(N)cnc1NCCNS(C)(=O)=O. The number of hydrogen-bond acceptors (Lipinski definition) is 7. The Balaban J connectivity index is 2.71. The van der Waals surface area contributed by atoms with E-state index in [4.69, 9.17) is 10.5 Å². The summed E-state index contributed by atoms with van der Waals surface area (Å²) in [6.45, 7) is 2.38. The predicted octanol–water partition coefficient (Wildman–Crippen LogP) is -0.198. The average Bonchev–Trinajstić information content (AvgIpc) is 2.35. The minimum atomic E-state index is -3.24. The van der Waals surface area contributed by atoms with Gasteiger partial charge in [-0.05, 0) is 13.0 Å². The summed E-state index contributed by atoms with van der Waals surface area (Å²) in [6.07, 6.45) is 2.47. The van der Waals surface area contributed by atoms with Gasteiger partial charge in [-0.3, -0.25) is 0 Å². The Morgan fingerprint density at radius 3 is 2.75 bits per heavy atom. The van der Waals surface area contributed by atoms with Crippen LogP contribution in [-0.4, -0.2) is 45.3 Å². The highest BCUT2D eigenvalue weighted by Crippen LogP contribution is 2.16. The van der Waals surface area contributed by atoms with Crippen LogP contribution in [-0.2, 0) is 14.8 Å². The lowest BCUT2D eigenvalue weighted by Gasteiger charge is -2.11. The predicted molar refractivity (Wildman–Crippen MR) is 75.9 cm³/mol. The van der Waals surface area contributed by atoms with Gasteiger partial charge in [0.15, 0.2) is 0 Å². The number of rotatable bonds is 7. The molecule has 0 atom stereocenters. The highest BCUT2D eigenvalue weighted by atomic mass is 32.2. The standard InChI is InChI=1S/C11H18N4O4S/c1-3-19-11(16)9-6-8(12)7-14-10(9)13-4-5-15-20(2,17)18/h6-7,15H,3-5,12H2,1-2H3,(H,13,14). The second kappa shape index (κ2) is 7.06. The van der Waals surface area contributed by atoms with E-state index in [1.807, 2.05) is 0 Å². The van der Waals surface area contributed by atoms with Gasteiger partial charge in [-0.15, -0.1) is 0 Å². The van der Waals surface area contributed by atoms with Crippen LogP contribution in [0.25, 0.3) is 0 Å². The van der Waals surface area contributed by atoms with E-state index in [1.54, 1.807) is 6.92 Å². The molecule has 4 N–H and O–H groups in total. The molecule has 1 aromatic heterocycles. The zero-order valence-electron chi connectivity index (χ0n) is 11.3. The summed E-state index contributed by atoms with van der Waals surface area (Å²) in [7, 11) is -3.24. The fourth-order valence-corrected chi connectivity index (χ4v) is 1.88. The van der Waals surface area contributed by atoms with E-state index in [0.717, 1.165) is 6.26 Å². The lowest BCUT2D eigenvalue weighted by Crippen LogP contribution is -2.28. The van der Waals surface area contributed by atoms with Crippen molar-refractivity contribution in [2.75, 3.05) is 37.0 Å². The normalized spacial score (nSPS) is 11.1. The van der Waals surface area contributed by atoms with Crippen LogP contribution in [0.15, 0.2) is 12.3 Å². The van der Waals surface area contributed by atoms with E-state index >= 15 is 0 Å². The first-order chi connectivity index (χ1) is 9.33. The third kappa shape index (κ3) is 5.41. The van der Waals surface area contributed by atoms with Crippen molar-refractivity contribution in [2.45, 2.75) is 6.92 Å². The van der Waals surface area contributed by atoms with Crippen molar-refractivity contribution in [3.05, 3.63) is 17.8 Å². The number of anilines is 2. The van der Waals surface area contributed by atoms with Gasteiger partial charge in [-0.2, -0.15) is 0 Å². The molecule has 1 rings (SSSR count). The smallest absolute Gasteiger partial charge is 0.341 e. The highest BCUT2D eigenvalue weighted by Gasteiger charge is 2.14. The van der Waals surface area contributed by atoms with Crippen LogP contribution in [0.2, 0.25) is 0 Å². The van der Waals surface area contributed by atoms with Crippen LogP contribution in [0.3, 0.4) is 0 Å². The van der Waals surface area contributed by atoms with Crippen molar-refractivity contribution in [1.82, 2.24) is 9.71 Å². The van der Waals surface area contributed by atoms with Gasteiger partial charge in [-0.1, -0.05) is 0 Å². The van der Waals surface area contributed by atoms with Crippen LogP contribution in [0.1, 0.15) is 17.3 Å². The number of sulfonamides is 1. The van der Waals surface area contributed by atoms with Crippen molar-refractivity contribution in [3.63, 3.8) is 0 Å². The Bertz CT molecular complexity index is 574. The van der Waals surface area contributed by atoms with Gasteiger partial charge in [0.25, 0.3) is 0 Å². The number of hydrogen-bond donors (Lipinski definition) is 3. The van der Waals surface area contributed by atoms with Gasteiger partial charge in [0, 0.05) is 13.1 Å². The zero-order chi connectivity index (χ0) is 15.2. The molecule has 0 unspecified atom stereocenters. The molecule has 0 fully saturated rings. The van der Waals surface area contributed by atoms with Crippen molar-refractivity contribution in [3.8, 4) is 0 Å². The molecule has 0 saturated heterocycles. The average molecular weight is 302 g/mol. The van der Waals surface area contributed by atoms with E-state index in [1.165, 1.54) is 12.3 Å². The fraction of sp³-hybridized carbons (Fsp3) is 0.455. The number of aromatic nitrogens is 1. The molecule has 0 aliphatic heterocycles. The van der Waals surface area contributed by atoms with Crippen LogP contribution >= 0.6 is 0 Å². The van der Waals surface area contributed by atoms with Gasteiger partial charge in [0.2, 0.25) is 10.0 Å². The summed E-state index contributed by atoms with van der Waals surface area (Å²) in [4.78, 5) is 15.7. The van der Waals surface area contributed by atoms with Crippen LogP contribution in [0.4, 0.5) is 11.5 Å². The number of ether oxygens (including phenoxy) is 1. The number of nitrogens with one attached hydrogen (secondary N) is 2. The maximum atomic E-state index is 11.7. The number of nitrogen functional groups attached to an aromatic ring is 1. The summed E-state index contributed by atoms with van der Waals surface area (Å²) in [5.74, 6) is -0.237. The minimum absolute atomic E-state index is 0.174. The maximum absolute atomic E-state index is 11.7. The molecule has 8 nitrogen and oxygen atoms in total. The molecule has 112 valence electrons. The van der Waals surface area contributed by atoms with E-state index in [9.17, 15) is 13.2 Å². The lowest BCUT2D eigenvalue weighted by molar-refractivity contribution is 0.0527. The molecule has 0 saturated carbocycles. The molecule has 0 aliphatic rings. The second-order valence-electron chi connectivity index (χ2n) is 3.98. The van der Waals surface area contributed by atoms with Crippen molar-refractivity contribution in [1.29, 1.82) is 0 Å². The highest BCUT2D eigenvalue weighted by molar-refractivity contribution is 7.88. The molecule has 20 heavy (non-hydrogen) atoms. The fourth-order valence-electron chi connectivity index (χ4n) is 1.40. The molecule has 0 aromatic carbocycles. The first kappa shape index (κ1) is 16.2. The van der Waals surface area contributed by atoms with E-state index in [2.05, 4.69) is 15.0 Å². The Kier molecular flexibility index (Phi) is 5.71. The summed E-state index contributed by atoms with van der Waals surface area (Å²) in [6, 6.07) is 1.46. The molecular formula is C11H18N4O4S. The van der Waals surface area contributed by atoms with E-state index < -0.39 is 16.0 Å². The molecule has 0 amide bonds. The number of carbonyl (C=O) groups is 1. The summed E-state index contributed by atoms with van der Waals surface area (Å²) in [5.41, 5.74) is 6.14. The summed E-state index contributed by atoms with van der Waals surface area (Å²) in [5, 5.41) is 2.86. The molecule has 9 heteroatoms. The van der Waals surface area contributed by atoms with Gasteiger partial charge in [0.1, 0.15) is 11.4 Å². The Morgan fingerprint density at radius 1 is 1.45 bits per heavy atom. The van der Waals surface area contributed by atoms with E-state index in [-0.39, 0.29) is 25.3 Å². The minimum Gasteiger partial charge on any atom is -0.462 e. The van der Waals surface area contributed by atoms with Crippen molar-refractivity contribution < 1.29 is 17.9 Å². The molecule has 0 spiro atoms. The molecule has 1 heterocycles. The number of pyridine rings is 1. The van der Waals surface area contributed by atoms with Gasteiger partial charge in [-0.25, -0.2) is 22.9 Å². The first-order valence-electron chi connectivity index (χ1n) is 5.94. The summed E-state index contributed by atoms with van der Waals surface area (Å²) >= 11 is 0. The van der Waals surface area contributed by atoms with Crippen molar-refractivity contribution >= 4 is 27.5 Å². The van der Waals surface area contributed by atoms with Crippen LogP contribution in [0.5, 0.6) is 0 Å². The molecule has 0 bridgehead atoms. The summed E-state index contributed by atoms with van der Waals surface area (Å²) < 4.78 is 29.0. The van der Waals surface area contributed by atoms with Crippen LogP contribution in [0, 0.1) is 0 Å². The molecular weight excluding hydrogens is 284 g/mol. The largest absolute Gasteiger partial charge is 0.462 e. The van der Waals surface area contributed by atoms with Crippen molar-refractivity contribution in [2.24, 2.45) is 0 Å². The number of esters is 1. The number of nitrogens with zero attached hydrogens (tertiary/aromatic N) is 1. The van der Waals surface area contributed by atoms with Gasteiger partial charge < -0.3 is 15.8 Å². The second-order valence-corrected chi connectivity index (χ2v) is 5.81. The maximum Gasteiger partial charge on any atom is 0.341 e. The first-order valence-corrected chi connectivity index (χ1v) is 7.83. The van der Waals surface area contributed by atoms with Crippen LogP contribution < -0.4 is 15.8 Å². The number of carbonyl (C=O) groups excluding carboxylic acids is 1. The Morgan fingerprint density at radius 2 is 2.15 bits per heavy atom. The molecule has 0 radical (unpaired) electrons. The molecule has 0 aliphatic carbocycles. The third-order valence-electron chi connectivity index (χ3n) is 2.19.